The number of piperidine rings is 3. The maximum atomic E-state index is 4.77. The van der Waals surface area contributed by atoms with Gasteiger partial charge >= 0.3 is 0 Å². The predicted molar refractivity (Wildman–Crippen MR) is 180 cm³/mol. The zero-order chi connectivity index (χ0) is 30.2. The van der Waals surface area contributed by atoms with Gasteiger partial charge in [-0.05, 0) is 160 Å². The highest BCUT2D eigenvalue weighted by molar-refractivity contribution is 5.10. The molecule has 5 rings (SSSR count). The molecule has 0 amide bonds. The minimum Gasteiger partial charge on any atom is -0.332 e. The Morgan fingerprint density at radius 2 is 1.26 bits per heavy atom. The predicted octanol–water partition coefficient (Wildman–Crippen LogP) is 7.63. The van der Waals surface area contributed by atoms with Crippen molar-refractivity contribution in [3.05, 3.63) is 17.7 Å². The highest BCUT2D eigenvalue weighted by atomic mass is 15.2. The van der Waals surface area contributed by atoms with Crippen molar-refractivity contribution in [1.29, 1.82) is 0 Å². The first-order valence-corrected chi connectivity index (χ1v) is 18.4. The van der Waals surface area contributed by atoms with Crippen LogP contribution in [0.5, 0.6) is 0 Å². The molecule has 5 heterocycles. The maximum Gasteiger partial charge on any atom is 0.109 e. The van der Waals surface area contributed by atoms with Crippen LogP contribution in [0.3, 0.4) is 0 Å². The number of imidazole rings is 1. The van der Waals surface area contributed by atoms with Gasteiger partial charge in [-0.3, -0.25) is 0 Å². The molecule has 2 unspecified atom stereocenters. The summed E-state index contributed by atoms with van der Waals surface area (Å²) in [5.41, 5.74) is 1.49. The topological polar surface area (TPSA) is 27.5 Å². The van der Waals surface area contributed by atoms with Gasteiger partial charge in [-0.15, -0.1) is 0 Å². The van der Waals surface area contributed by atoms with Crippen molar-refractivity contribution in [3.63, 3.8) is 0 Å². The molecule has 1 aromatic rings. The lowest BCUT2D eigenvalue weighted by molar-refractivity contribution is 0.0885. The van der Waals surface area contributed by atoms with Crippen LogP contribution in [-0.2, 0) is 19.4 Å². The third-order valence-electron chi connectivity index (χ3n) is 12.0. The Bertz CT molecular complexity index is 882. The second-order valence-electron chi connectivity index (χ2n) is 15.7. The largest absolute Gasteiger partial charge is 0.332 e. The minimum absolute atomic E-state index is 0.735. The number of rotatable bonds is 9. The number of hydrogen-bond acceptors (Lipinski definition) is 4. The van der Waals surface area contributed by atoms with Crippen molar-refractivity contribution in [2.24, 2.45) is 35.5 Å². The molecule has 4 aliphatic heterocycles. The molecular weight excluding hydrogens is 514 g/mol. The van der Waals surface area contributed by atoms with E-state index in [1.807, 2.05) is 0 Å². The average molecular weight is 584 g/mol. The monoisotopic (exact) mass is 584 g/mol. The van der Waals surface area contributed by atoms with Crippen LogP contribution < -0.4 is 0 Å². The molecule has 2 atom stereocenters. The van der Waals surface area contributed by atoms with Gasteiger partial charge in [0.2, 0.25) is 0 Å². The highest BCUT2D eigenvalue weighted by Crippen LogP contribution is 2.31. The van der Waals surface area contributed by atoms with Gasteiger partial charge in [-0.1, -0.05) is 34.6 Å². The lowest BCUT2D eigenvalue weighted by atomic mass is 9.85. The van der Waals surface area contributed by atoms with Gasteiger partial charge < -0.3 is 19.3 Å². The summed E-state index contributed by atoms with van der Waals surface area (Å²) in [4.78, 5) is 12.8. The summed E-state index contributed by atoms with van der Waals surface area (Å²) >= 11 is 0. The quantitative estimate of drug-likeness (QED) is 0.299. The molecule has 3 fully saturated rings. The van der Waals surface area contributed by atoms with E-state index >= 15 is 0 Å². The van der Waals surface area contributed by atoms with Crippen molar-refractivity contribution < 1.29 is 0 Å². The van der Waals surface area contributed by atoms with Crippen molar-refractivity contribution in [1.82, 2.24) is 24.3 Å². The van der Waals surface area contributed by atoms with Gasteiger partial charge in [0.15, 0.2) is 0 Å². The molecule has 1 aromatic heterocycles. The van der Waals surface area contributed by atoms with Crippen molar-refractivity contribution >= 4 is 0 Å². The van der Waals surface area contributed by atoms with Gasteiger partial charge in [0.1, 0.15) is 5.82 Å². The van der Waals surface area contributed by atoms with Crippen LogP contribution >= 0.6 is 0 Å². The Morgan fingerprint density at radius 1 is 0.690 bits per heavy atom. The molecule has 0 bridgehead atoms. The summed E-state index contributed by atoms with van der Waals surface area (Å²) in [6.45, 7) is 29.2. The van der Waals surface area contributed by atoms with Crippen LogP contribution in [0.1, 0.15) is 118 Å². The summed E-state index contributed by atoms with van der Waals surface area (Å²) < 4.78 is 2.53. The van der Waals surface area contributed by atoms with Gasteiger partial charge in [0, 0.05) is 36.9 Å². The standard InChI is InChI=1S/C19H38N2.C18H31N3/c1-15(2)19-8-12-21(13-9-19)17(5)14-18-6-10-20(11-7-18)16(3)4;1-4-20-8-5-15(6-9-20)11-18-19-13-17-12-16(14(2)3)7-10-21(17)18/h15-19H,6-14H2,1-5H3;13-16H,4-12H2,1-3H3. The second-order valence-corrected chi connectivity index (χ2v) is 15.7. The van der Waals surface area contributed by atoms with E-state index in [1.165, 1.54) is 128 Å². The van der Waals surface area contributed by atoms with Gasteiger partial charge in [-0.25, -0.2) is 4.98 Å². The molecule has 5 nitrogen and oxygen atoms in total. The molecule has 0 radical (unpaired) electrons. The number of nitrogens with zero attached hydrogens (tertiary/aromatic N) is 5. The number of hydrogen-bond donors (Lipinski definition) is 0. The zero-order valence-corrected chi connectivity index (χ0v) is 29.2. The van der Waals surface area contributed by atoms with E-state index in [9.17, 15) is 0 Å². The Labute approximate surface area is 261 Å². The third kappa shape index (κ3) is 9.54. The van der Waals surface area contributed by atoms with E-state index in [1.54, 1.807) is 0 Å². The number of fused-ring (bicyclic) bond motifs is 1. The lowest BCUT2D eigenvalue weighted by Crippen LogP contribution is -2.43. The Balaban J connectivity index is 0.000000193. The fourth-order valence-corrected chi connectivity index (χ4v) is 8.42. The van der Waals surface area contributed by atoms with E-state index in [-0.39, 0.29) is 0 Å². The maximum absolute atomic E-state index is 4.77. The van der Waals surface area contributed by atoms with E-state index < -0.39 is 0 Å². The molecule has 5 heteroatoms. The molecule has 0 aromatic carbocycles. The molecule has 4 aliphatic rings. The van der Waals surface area contributed by atoms with Gasteiger partial charge in [0.05, 0.1) is 0 Å². The van der Waals surface area contributed by atoms with Crippen molar-refractivity contribution in [2.45, 2.75) is 138 Å². The molecule has 242 valence electrons. The molecule has 0 spiro atoms. The van der Waals surface area contributed by atoms with E-state index in [0.717, 1.165) is 47.6 Å². The SMILES string of the molecule is CC(C)C1CCN(C(C)CC2CCN(C(C)C)CC2)CC1.CCN1CCC(Cc2ncc3n2CCC(C(C)C)C3)CC1. The van der Waals surface area contributed by atoms with Crippen LogP contribution in [0.25, 0.3) is 0 Å². The smallest absolute Gasteiger partial charge is 0.109 e. The molecular formula is C37H69N5. The number of likely N-dealkylation sites (tertiary alicyclic amines) is 3. The van der Waals surface area contributed by atoms with Crippen LogP contribution in [-0.4, -0.2) is 82.1 Å². The minimum atomic E-state index is 0.735. The number of aromatic nitrogens is 2. The summed E-state index contributed by atoms with van der Waals surface area (Å²) in [6.07, 6.45) is 15.8. The third-order valence-corrected chi connectivity index (χ3v) is 12.0. The first-order valence-electron chi connectivity index (χ1n) is 18.4. The van der Waals surface area contributed by atoms with Crippen molar-refractivity contribution in [3.8, 4) is 0 Å². The van der Waals surface area contributed by atoms with Crippen LogP contribution in [0, 0.1) is 35.5 Å². The summed E-state index contributed by atoms with van der Waals surface area (Å²) in [5, 5.41) is 0. The van der Waals surface area contributed by atoms with E-state index in [2.05, 4.69) is 80.9 Å². The van der Waals surface area contributed by atoms with E-state index in [4.69, 9.17) is 4.98 Å². The molecule has 0 N–H and O–H groups in total. The second kappa shape index (κ2) is 16.4. The molecule has 42 heavy (non-hydrogen) atoms. The van der Waals surface area contributed by atoms with Gasteiger partial charge in [0.25, 0.3) is 0 Å². The van der Waals surface area contributed by atoms with Crippen LogP contribution in [0.4, 0.5) is 0 Å². The van der Waals surface area contributed by atoms with Gasteiger partial charge in [-0.2, -0.15) is 0 Å². The fourth-order valence-electron chi connectivity index (χ4n) is 8.42. The Hall–Kier alpha value is -0.910. The Kier molecular flexibility index (Phi) is 13.3. The highest BCUT2D eigenvalue weighted by Gasteiger charge is 2.28. The molecule has 3 saturated heterocycles. The van der Waals surface area contributed by atoms with Crippen LogP contribution in [0.2, 0.25) is 0 Å². The average Bonchev–Trinajstić information content (AvgIpc) is 3.40. The Morgan fingerprint density at radius 3 is 1.83 bits per heavy atom. The normalized spacial score (nSPS) is 25.2. The summed E-state index contributed by atoms with van der Waals surface area (Å²) in [7, 11) is 0. The first kappa shape index (κ1) is 34.0. The van der Waals surface area contributed by atoms with Crippen LogP contribution in [0.15, 0.2) is 6.20 Å². The summed E-state index contributed by atoms with van der Waals surface area (Å²) in [5.74, 6) is 6.69. The molecule has 0 saturated carbocycles. The fraction of sp³-hybridized carbons (Fsp3) is 0.919. The summed E-state index contributed by atoms with van der Waals surface area (Å²) in [6, 6.07) is 1.53. The lowest BCUT2D eigenvalue weighted by Gasteiger charge is -2.40. The van der Waals surface area contributed by atoms with Crippen molar-refractivity contribution in [2.75, 3.05) is 45.8 Å². The zero-order valence-electron chi connectivity index (χ0n) is 29.2. The first-order chi connectivity index (χ1) is 20.1. The van der Waals surface area contributed by atoms with E-state index in [0.29, 0.717) is 0 Å². The molecule has 0 aliphatic carbocycles.